The first-order valence-electron chi connectivity index (χ1n) is 20.6. The molecule has 0 radical (unpaired) electrons. The van der Waals surface area contributed by atoms with Gasteiger partial charge in [0.05, 0.1) is 31.5 Å². The Labute approximate surface area is 351 Å². The summed E-state index contributed by atoms with van der Waals surface area (Å²) in [6.45, 7) is 2.10. The van der Waals surface area contributed by atoms with Crippen molar-refractivity contribution in [1.82, 2.24) is 0 Å². The van der Waals surface area contributed by atoms with Crippen molar-refractivity contribution >= 4 is 25.7 Å². The Balaban J connectivity index is 4.79. The van der Waals surface area contributed by atoms with Gasteiger partial charge in [0.2, 0.25) is 0 Å². The van der Waals surface area contributed by atoms with Gasteiger partial charge in [-0.05, 0) is 64.2 Å². The summed E-state index contributed by atoms with van der Waals surface area (Å²) in [6.07, 6.45) is 35.7. The molecule has 0 aliphatic heterocycles. The Hall–Kier alpha value is -3.72. The standard InChI is InChI=1S/C44H70NO13P/c1-3-5-7-8-9-10-11-12-13-14-15-16-17-22-26-32-42(49)55-34-38(35-56-59(53,54)57-36-39(45)44(51)52)58-43(50)33-27-31-41(48)40(47)30-25-21-19-18-20-24-29-37(46)28-23-6-4-2/h5-7,9-10,12-13,18-21,23-25,29-30,37-41,46-48H,3-4,8,11,14-17,22,26-28,31-36,45H2,1-2H3,(H,51,52)(H,53,54)/b7-5-,10-9-,13-12-,20-18+,21-19-,23-6-,29-24+,30-25-/t37-,38+,39-,40+,41+/m0/s1. The first-order chi connectivity index (χ1) is 28.3. The summed E-state index contributed by atoms with van der Waals surface area (Å²) in [7, 11) is -4.82. The van der Waals surface area contributed by atoms with Gasteiger partial charge in [0, 0.05) is 12.8 Å². The number of carbonyl (C=O) groups excluding carboxylic acids is 2. The van der Waals surface area contributed by atoms with Gasteiger partial charge in [0.25, 0.3) is 0 Å². The number of phosphoric acid groups is 1. The maximum Gasteiger partial charge on any atom is 0.472 e. The molecular weight excluding hydrogens is 781 g/mol. The van der Waals surface area contributed by atoms with Crippen LogP contribution >= 0.6 is 7.82 Å². The molecular formula is C44H70NO13P. The second-order valence-corrected chi connectivity index (χ2v) is 15.0. The van der Waals surface area contributed by atoms with Crippen LogP contribution in [0.15, 0.2) is 97.2 Å². The number of phosphoric ester groups is 1. The Morgan fingerprint density at radius 3 is 1.90 bits per heavy atom. The molecule has 0 bridgehead atoms. The molecule has 15 heteroatoms. The number of aliphatic hydroxyl groups excluding tert-OH is 3. The van der Waals surface area contributed by atoms with Crippen LogP contribution in [-0.4, -0.2) is 93.5 Å². The summed E-state index contributed by atoms with van der Waals surface area (Å²) in [6, 6.07) is -1.59. The van der Waals surface area contributed by atoms with Crippen LogP contribution in [0.1, 0.15) is 110 Å². The Kier molecular flexibility index (Phi) is 34.9. The summed E-state index contributed by atoms with van der Waals surface area (Å²) in [5, 5.41) is 39.3. The van der Waals surface area contributed by atoms with E-state index in [-0.39, 0.29) is 25.7 Å². The summed E-state index contributed by atoms with van der Waals surface area (Å²) < 4.78 is 32.4. The third-order valence-electron chi connectivity index (χ3n) is 8.17. The second-order valence-electron chi connectivity index (χ2n) is 13.6. The minimum atomic E-state index is -4.82. The van der Waals surface area contributed by atoms with Crippen molar-refractivity contribution in [1.29, 1.82) is 0 Å². The lowest BCUT2D eigenvalue weighted by molar-refractivity contribution is -0.161. The third-order valence-corrected chi connectivity index (χ3v) is 9.12. The highest BCUT2D eigenvalue weighted by atomic mass is 31.2. The van der Waals surface area contributed by atoms with E-state index in [1.165, 1.54) is 6.08 Å². The van der Waals surface area contributed by atoms with Crippen LogP contribution in [0.3, 0.4) is 0 Å². The predicted octanol–water partition coefficient (Wildman–Crippen LogP) is 7.41. The van der Waals surface area contributed by atoms with Gasteiger partial charge in [-0.25, -0.2) is 4.57 Å². The lowest BCUT2D eigenvalue weighted by Crippen LogP contribution is -2.34. The zero-order chi connectivity index (χ0) is 44.0. The van der Waals surface area contributed by atoms with Crippen LogP contribution in [-0.2, 0) is 37.5 Å². The van der Waals surface area contributed by atoms with E-state index in [1.807, 2.05) is 19.1 Å². The summed E-state index contributed by atoms with van der Waals surface area (Å²) in [5.41, 5.74) is 5.30. The Morgan fingerprint density at radius 2 is 1.22 bits per heavy atom. The molecule has 0 amide bonds. The minimum absolute atomic E-state index is 0.0379. The SMILES string of the molecule is CC/C=C\C/C=C\C/C=C\CCCCCCCC(=O)OC[C@H](COP(=O)(O)OC[C@H](N)C(=O)O)OC(=O)CCC[C@@H](O)[C@H](O)\C=C/C=C\C=C\C=C\[C@@H](O)C/C=C\CC. The number of rotatable bonds is 36. The molecule has 7 N–H and O–H groups in total. The fourth-order valence-electron chi connectivity index (χ4n) is 4.83. The number of carboxylic acids is 1. The number of nitrogens with two attached hydrogens (primary N) is 1. The number of esters is 2. The van der Waals surface area contributed by atoms with Crippen LogP contribution in [0.4, 0.5) is 0 Å². The van der Waals surface area contributed by atoms with E-state index in [2.05, 4.69) is 47.9 Å². The second kappa shape index (κ2) is 37.3. The highest BCUT2D eigenvalue weighted by Crippen LogP contribution is 2.43. The minimum Gasteiger partial charge on any atom is -0.480 e. The number of allylic oxidation sites excluding steroid dienone is 13. The van der Waals surface area contributed by atoms with Crippen molar-refractivity contribution in [2.45, 2.75) is 141 Å². The number of aliphatic carboxylic acids is 1. The molecule has 0 fully saturated rings. The molecule has 6 atom stereocenters. The molecule has 334 valence electrons. The number of carboxylic acid groups (broad SMARTS) is 1. The van der Waals surface area contributed by atoms with Crippen molar-refractivity contribution in [3.8, 4) is 0 Å². The molecule has 0 rings (SSSR count). The molecule has 0 heterocycles. The van der Waals surface area contributed by atoms with Crippen LogP contribution in [0.25, 0.3) is 0 Å². The molecule has 1 unspecified atom stereocenters. The molecule has 0 aliphatic rings. The average Bonchev–Trinajstić information content (AvgIpc) is 3.20. The van der Waals surface area contributed by atoms with E-state index in [4.69, 9.17) is 24.8 Å². The fraction of sp³-hybridized carbons (Fsp3) is 0.568. The van der Waals surface area contributed by atoms with Gasteiger partial charge in [-0.1, -0.05) is 130 Å². The van der Waals surface area contributed by atoms with Crippen molar-refractivity contribution < 1.29 is 62.8 Å². The zero-order valence-corrected chi connectivity index (χ0v) is 35.8. The zero-order valence-electron chi connectivity index (χ0n) is 34.9. The van der Waals surface area contributed by atoms with Crippen LogP contribution in [0.2, 0.25) is 0 Å². The first-order valence-corrected chi connectivity index (χ1v) is 22.1. The van der Waals surface area contributed by atoms with E-state index < -0.39 is 76.0 Å². The van der Waals surface area contributed by atoms with Gasteiger partial charge in [-0.2, -0.15) is 0 Å². The first kappa shape index (κ1) is 55.3. The lowest BCUT2D eigenvalue weighted by Gasteiger charge is -2.20. The number of hydrogen-bond acceptors (Lipinski definition) is 12. The fourth-order valence-corrected chi connectivity index (χ4v) is 5.61. The van der Waals surface area contributed by atoms with Crippen LogP contribution in [0, 0.1) is 0 Å². The maximum atomic E-state index is 12.6. The van der Waals surface area contributed by atoms with E-state index in [0.29, 0.717) is 12.8 Å². The van der Waals surface area contributed by atoms with Crippen molar-refractivity contribution in [3.05, 3.63) is 97.2 Å². The predicted molar refractivity (Wildman–Crippen MR) is 230 cm³/mol. The van der Waals surface area contributed by atoms with Crippen LogP contribution in [0.5, 0.6) is 0 Å². The number of unbranched alkanes of at least 4 members (excludes halogenated alkanes) is 5. The van der Waals surface area contributed by atoms with Crippen LogP contribution < -0.4 is 5.73 Å². The molecule has 0 aromatic heterocycles. The van der Waals surface area contributed by atoms with E-state index in [9.17, 15) is 39.2 Å². The molecule has 0 saturated heterocycles. The summed E-state index contributed by atoms with van der Waals surface area (Å²) in [5.74, 6) is -2.80. The van der Waals surface area contributed by atoms with Gasteiger partial charge in [-0.15, -0.1) is 0 Å². The normalized spacial score (nSPS) is 16.3. The van der Waals surface area contributed by atoms with Crippen molar-refractivity contribution in [3.63, 3.8) is 0 Å². The highest BCUT2D eigenvalue weighted by Gasteiger charge is 2.28. The van der Waals surface area contributed by atoms with Gasteiger partial charge in [0.1, 0.15) is 12.6 Å². The van der Waals surface area contributed by atoms with E-state index >= 15 is 0 Å². The van der Waals surface area contributed by atoms with E-state index in [0.717, 1.165) is 57.8 Å². The van der Waals surface area contributed by atoms with Crippen molar-refractivity contribution in [2.75, 3.05) is 19.8 Å². The average molecular weight is 852 g/mol. The number of carbonyl (C=O) groups is 3. The van der Waals surface area contributed by atoms with E-state index in [1.54, 1.807) is 42.5 Å². The van der Waals surface area contributed by atoms with Gasteiger partial charge < -0.3 is 40.5 Å². The molecule has 14 nitrogen and oxygen atoms in total. The molecule has 0 aromatic rings. The highest BCUT2D eigenvalue weighted by molar-refractivity contribution is 7.47. The number of aliphatic hydroxyl groups is 3. The molecule has 59 heavy (non-hydrogen) atoms. The lowest BCUT2D eigenvalue weighted by atomic mass is 10.1. The molecule has 0 aromatic carbocycles. The topological polar surface area (TPSA) is 232 Å². The summed E-state index contributed by atoms with van der Waals surface area (Å²) in [4.78, 5) is 46.0. The quantitative estimate of drug-likeness (QED) is 0.0119. The van der Waals surface area contributed by atoms with Gasteiger partial charge >= 0.3 is 25.7 Å². The molecule has 0 spiro atoms. The smallest absolute Gasteiger partial charge is 0.472 e. The maximum absolute atomic E-state index is 12.6. The Morgan fingerprint density at radius 1 is 0.661 bits per heavy atom. The van der Waals surface area contributed by atoms with Crippen molar-refractivity contribution in [2.24, 2.45) is 5.73 Å². The molecule has 0 saturated carbocycles. The van der Waals surface area contributed by atoms with Gasteiger partial charge in [0.15, 0.2) is 6.10 Å². The third kappa shape index (κ3) is 35.9. The summed E-state index contributed by atoms with van der Waals surface area (Å²) >= 11 is 0. The van der Waals surface area contributed by atoms with Gasteiger partial charge in [-0.3, -0.25) is 23.4 Å². The monoisotopic (exact) mass is 851 g/mol. The largest absolute Gasteiger partial charge is 0.480 e. The number of ether oxygens (including phenoxy) is 2. The number of hydrogen-bond donors (Lipinski definition) is 6. The molecule has 0 aliphatic carbocycles. The Bertz CT molecular complexity index is 1420.